The Morgan fingerprint density at radius 1 is 0.386 bits per heavy atom. The standard InChI is InChI=1S/C40H23NO2S/c1-2-8-28-24(7-1)13-17-32-33-21-25(15-19-36(33)43-40(28)32)41(26-16-20-39-34(22-26)31-10-4-6-12-38(31)44-39)27-14-18-30-29-9-3-5-11-35(29)42-37(30)23-27/h1-23H. The van der Waals surface area contributed by atoms with Crippen molar-refractivity contribution in [2.24, 2.45) is 0 Å². The van der Waals surface area contributed by atoms with E-state index in [1.807, 2.05) is 23.5 Å². The normalized spacial score (nSPS) is 12.1. The predicted octanol–water partition coefficient (Wildman–Crippen LogP) is 12.5. The van der Waals surface area contributed by atoms with E-state index in [2.05, 4.69) is 132 Å². The van der Waals surface area contributed by atoms with Crippen molar-refractivity contribution in [2.75, 3.05) is 4.90 Å². The van der Waals surface area contributed by atoms with Gasteiger partial charge in [0.2, 0.25) is 0 Å². The highest BCUT2D eigenvalue weighted by molar-refractivity contribution is 7.25. The van der Waals surface area contributed by atoms with Crippen LogP contribution in [0.2, 0.25) is 0 Å². The summed E-state index contributed by atoms with van der Waals surface area (Å²) in [6.07, 6.45) is 0. The highest BCUT2D eigenvalue weighted by atomic mass is 32.1. The van der Waals surface area contributed by atoms with E-state index in [1.54, 1.807) is 0 Å². The number of furan rings is 2. The Labute approximate surface area is 255 Å². The molecule has 0 aliphatic heterocycles. The summed E-state index contributed by atoms with van der Waals surface area (Å²) in [5.41, 5.74) is 6.77. The van der Waals surface area contributed by atoms with E-state index in [4.69, 9.17) is 8.83 Å². The zero-order valence-electron chi connectivity index (χ0n) is 23.5. The molecule has 3 heterocycles. The molecule has 0 aliphatic carbocycles. The first-order valence-electron chi connectivity index (χ1n) is 14.8. The molecule has 0 amide bonds. The van der Waals surface area contributed by atoms with Gasteiger partial charge in [0.1, 0.15) is 22.3 Å². The van der Waals surface area contributed by atoms with E-state index in [-0.39, 0.29) is 0 Å². The number of hydrogen-bond acceptors (Lipinski definition) is 4. The second kappa shape index (κ2) is 8.96. The van der Waals surface area contributed by atoms with Gasteiger partial charge in [-0.15, -0.1) is 11.3 Å². The van der Waals surface area contributed by atoms with E-state index in [0.29, 0.717) is 0 Å². The van der Waals surface area contributed by atoms with Crippen LogP contribution in [-0.2, 0) is 0 Å². The van der Waals surface area contributed by atoms with Crippen LogP contribution < -0.4 is 4.90 Å². The Morgan fingerprint density at radius 2 is 1.02 bits per heavy atom. The van der Waals surface area contributed by atoms with E-state index in [9.17, 15) is 0 Å². The molecular formula is C40H23NO2S. The van der Waals surface area contributed by atoms with E-state index >= 15 is 0 Å². The summed E-state index contributed by atoms with van der Waals surface area (Å²) in [4.78, 5) is 2.33. The highest BCUT2D eigenvalue weighted by Gasteiger charge is 2.19. The van der Waals surface area contributed by atoms with Gasteiger partial charge in [0.05, 0.1) is 0 Å². The summed E-state index contributed by atoms with van der Waals surface area (Å²) >= 11 is 1.84. The molecule has 10 rings (SSSR count). The number of rotatable bonds is 3. The Bertz CT molecular complexity index is 2750. The van der Waals surface area contributed by atoms with Crippen molar-refractivity contribution >= 4 is 103 Å². The third kappa shape index (κ3) is 3.43. The van der Waals surface area contributed by atoms with Gasteiger partial charge in [-0.05, 0) is 72.1 Å². The molecule has 0 aliphatic rings. The molecule has 206 valence electrons. The molecule has 0 atom stereocenters. The van der Waals surface area contributed by atoms with Crippen LogP contribution in [0.3, 0.4) is 0 Å². The van der Waals surface area contributed by atoms with Crippen molar-refractivity contribution < 1.29 is 8.83 Å². The maximum Gasteiger partial charge on any atom is 0.143 e. The minimum absolute atomic E-state index is 0.872. The van der Waals surface area contributed by atoms with Crippen molar-refractivity contribution in [1.29, 1.82) is 0 Å². The lowest BCUT2D eigenvalue weighted by Crippen LogP contribution is -2.09. The second-order valence-electron chi connectivity index (χ2n) is 11.3. The van der Waals surface area contributed by atoms with E-state index in [1.165, 1.54) is 25.6 Å². The van der Waals surface area contributed by atoms with Crippen molar-refractivity contribution in [3.8, 4) is 0 Å². The average Bonchev–Trinajstić information content (AvgIpc) is 3.75. The lowest BCUT2D eigenvalue weighted by atomic mass is 10.0. The minimum Gasteiger partial charge on any atom is -0.456 e. The van der Waals surface area contributed by atoms with Crippen molar-refractivity contribution in [3.05, 3.63) is 140 Å². The van der Waals surface area contributed by atoms with Crippen LogP contribution in [0, 0.1) is 0 Å². The van der Waals surface area contributed by atoms with Crippen LogP contribution in [0.15, 0.2) is 148 Å². The lowest BCUT2D eigenvalue weighted by Gasteiger charge is -2.25. The molecule has 4 heteroatoms. The van der Waals surface area contributed by atoms with Gasteiger partial charge in [0.15, 0.2) is 0 Å². The average molecular weight is 582 g/mol. The minimum atomic E-state index is 0.872. The first kappa shape index (κ1) is 23.9. The summed E-state index contributed by atoms with van der Waals surface area (Å²) in [6.45, 7) is 0. The van der Waals surface area contributed by atoms with Gasteiger partial charge in [-0.1, -0.05) is 66.7 Å². The van der Waals surface area contributed by atoms with Gasteiger partial charge in [-0.3, -0.25) is 0 Å². The predicted molar refractivity (Wildman–Crippen MR) is 186 cm³/mol. The van der Waals surface area contributed by atoms with Gasteiger partial charge in [-0.2, -0.15) is 0 Å². The van der Waals surface area contributed by atoms with Crippen LogP contribution >= 0.6 is 11.3 Å². The molecule has 0 fully saturated rings. The van der Waals surface area contributed by atoms with Crippen LogP contribution in [0.5, 0.6) is 0 Å². The van der Waals surface area contributed by atoms with Crippen molar-refractivity contribution in [3.63, 3.8) is 0 Å². The van der Waals surface area contributed by atoms with Gasteiger partial charge in [0, 0.05) is 70.2 Å². The van der Waals surface area contributed by atoms with Crippen LogP contribution in [0.4, 0.5) is 17.1 Å². The quantitative estimate of drug-likeness (QED) is 0.208. The monoisotopic (exact) mass is 581 g/mol. The smallest absolute Gasteiger partial charge is 0.143 e. The molecule has 0 saturated carbocycles. The fourth-order valence-corrected chi connectivity index (χ4v) is 7.87. The number of anilines is 3. The zero-order chi connectivity index (χ0) is 28.8. The number of hydrogen-bond donors (Lipinski definition) is 0. The molecule has 0 unspecified atom stereocenters. The van der Waals surface area contributed by atoms with Crippen LogP contribution in [-0.4, -0.2) is 0 Å². The molecule has 3 aromatic heterocycles. The number of nitrogens with zero attached hydrogens (tertiary/aromatic N) is 1. The second-order valence-corrected chi connectivity index (χ2v) is 12.4. The topological polar surface area (TPSA) is 29.5 Å². The maximum atomic E-state index is 6.47. The summed E-state index contributed by atoms with van der Waals surface area (Å²) in [5.74, 6) is 0. The third-order valence-electron chi connectivity index (χ3n) is 8.84. The molecule has 0 N–H and O–H groups in total. The Morgan fingerprint density at radius 3 is 1.95 bits per heavy atom. The van der Waals surface area contributed by atoms with Gasteiger partial charge in [-0.25, -0.2) is 0 Å². The van der Waals surface area contributed by atoms with Gasteiger partial charge >= 0.3 is 0 Å². The summed E-state index contributed by atoms with van der Waals surface area (Å²) in [7, 11) is 0. The summed E-state index contributed by atoms with van der Waals surface area (Å²) in [6, 6.07) is 49.5. The fourth-order valence-electron chi connectivity index (χ4n) is 6.79. The first-order valence-corrected chi connectivity index (χ1v) is 15.6. The SMILES string of the molecule is c1ccc2c(c1)ccc1c3cc(N(c4ccc5c(c4)oc4ccccc45)c4ccc5sc6ccccc6c5c4)ccc3oc21. The number of fused-ring (bicyclic) bond motifs is 11. The Hall–Kier alpha value is -5.58. The molecule has 3 nitrogen and oxygen atoms in total. The fraction of sp³-hybridized carbons (Fsp3) is 0. The van der Waals surface area contributed by atoms with Crippen molar-refractivity contribution in [2.45, 2.75) is 0 Å². The summed E-state index contributed by atoms with van der Waals surface area (Å²) < 4.78 is 15.4. The molecule has 7 aromatic carbocycles. The number of thiophene rings is 1. The maximum absolute atomic E-state index is 6.47. The number of benzene rings is 7. The lowest BCUT2D eigenvalue weighted by molar-refractivity contribution is 0.669. The summed E-state index contributed by atoms with van der Waals surface area (Å²) in [5, 5.41) is 9.31. The molecule has 0 bridgehead atoms. The molecule has 0 saturated heterocycles. The van der Waals surface area contributed by atoms with Crippen LogP contribution in [0.25, 0.3) is 74.8 Å². The molecule has 44 heavy (non-hydrogen) atoms. The van der Waals surface area contributed by atoms with E-state index in [0.717, 1.165) is 66.3 Å². The molecule has 0 spiro atoms. The van der Waals surface area contributed by atoms with Gasteiger partial charge in [0.25, 0.3) is 0 Å². The Balaban J connectivity index is 1.23. The first-order chi connectivity index (χ1) is 21.8. The highest BCUT2D eigenvalue weighted by Crippen LogP contribution is 2.44. The van der Waals surface area contributed by atoms with Crippen LogP contribution in [0.1, 0.15) is 0 Å². The molecular weight excluding hydrogens is 559 g/mol. The molecule has 0 radical (unpaired) electrons. The van der Waals surface area contributed by atoms with Crippen molar-refractivity contribution in [1.82, 2.24) is 0 Å². The van der Waals surface area contributed by atoms with Gasteiger partial charge < -0.3 is 13.7 Å². The van der Waals surface area contributed by atoms with E-state index < -0.39 is 0 Å². The largest absolute Gasteiger partial charge is 0.456 e. The zero-order valence-corrected chi connectivity index (χ0v) is 24.3. The number of para-hydroxylation sites is 1. The Kier molecular flexibility index (Phi) is 4.87. The molecule has 10 aromatic rings. The third-order valence-corrected chi connectivity index (χ3v) is 9.99.